The molecule has 1 saturated carbocycles. The molecule has 1 aliphatic carbocycles. The minimum absolute atomic E-state index is 0. The van der Waals surface area contributed by atoms with Crippen molar-refractivity contribution >= 4 is 7.81 Å². The Hall–Kier alpha value is -0.321. The molecule has 1 aromatic rings. The summed E-state index contributed by atoms with van der Waals surface area (Å²) in [5, 5.41) is 0. The second-order valence-corrected chi connectivity index (χ2v) is 5.63. The van der Waals surface area contributed by atoms with E-state index in [-0.39, 0.29) is 22.9 Å². The van der Waals surface area contributed by atoms with Gasteiger partial charge in [-0.3, -0.25) is 0 Å². The van der Waals surface area contributed by atoms with Crippen LogP contribution in [0.1, 0.15) is 5.56 Å². The molecule has 1 aliphatic rings. The van der Waals surface area contributed by atoms with Gasteiger partial charge in [-0.05, 0) is 51.2 Å². The Kier molecular flexibility index (Phi) is 8.52. The van der Waals surface area contributed by atoms with Gasteiger partial charge < -0.3 is 0 Å². The third-order valence-electron chi connectivity index (χ3n) is 1.57. The molecule has 21 heavy (non-hydrogen) atoms. The van der Waals surface area contributed by atoms with E-state index in [9.17, 15) is 29.6 Å². The first kappa shape index (κ1) is 23.0. The first-order valence-corrected chi connectivity index (χ1v) is 7.22. The van der Waals surface area contributed by atoms with E-state index in [1.54, 1.807) is 12.1 Å². The summed E-state index contributed by atoms with van der Waals surface area (Å²) in [5.41, 5.74) is 1.09. The number of rotatable bonds is 0. The normalized spacial score (nSPS) is 17.0. The number of benzene rings is 1. The predicted octanol–water partition coefficient (Wildman–Crippen LogP) is 6.54. The second kappa shape index (κ2) is 7.80. The van der Waals surface area contributed by atoms with Crippen molar-refractivity contribution in [1.82, 2.24) is 0 Å². The molecule has 0 atom stereocenters. The molecule has 0 unspecified atom stereocenters. The van der Waals surface area contributed by atoms with Crippen molar-refractivity contribution in [3.63, 3.8) is 0 Å². The molecule has 1 aromatic carbocycles. The van der Waals surface area contributed by atoms with Crippen LogP contribution in [0.15, 0.2) is 24.3 Å². The maximum Gasteiger partial charge on any atom is 2.00 e. The van der Waals surface area contributed by atoms with E-state index in [1.165, 1.54) is 12.1 Å². The molecule has 0 saturated heterocycles. The average Bonchev–Trinajstić information content (AvgIpc) is 2.76. The molecule has 5 radical (unpaired) electrons. The van der Waals surface area contributed by atoms with E-state index in [0.29, 0.717) is 0 Å². The van der Waals surface area contributed by atoms with Crippen LogP contribution in [-0.2, 0) is 17.1 Å². The van der Waals surface area contributed by atoms with Gasteiger partial charge in [-0.15, -0.1) is 0 Å². The summed E-state index contributed by atoms with van der Waals surface area (Å²) in [5.74, 6) is -0.171. The van der Waals surface area contributed by atoms with Gasteiger partial charge in [0.2, 0.25) is 0 Å². The third-order valence-corrected chi connectivity index (χ3v) is 1.57. The van der Waals surface area contributed by atoms with Crippen molar-refractivity contribution in [2.75, 3.05) is 0 Å². The standard InChI is InChI=1S/C7H7F.C5H5.F6P.Fe/c1-6-2-4-7(8)5-3-6;1-2-4-5-3-1;1-7(2,3,4,5)6;/h2-5H,1H3;1-5H;;/q;;-1;+2. The first-order valence-electron chi connectivity index (χ1n) is 5.19. The van der Waals surface area contributed by atoms with Gasteiger partial charge in [0.25, 0.3) is 0 Å². The molecular formula is C12H12F7FeP+. The predicted molar refractivity (Wildman–Crippen MR) is 66.2 cm³/mol. The fourth-order valence-electron chi connectivity index (χ4n) is 0.854. The Morgan fingerprint density at radius 2 is 0.905 bits per heavy atom. The number of hydrogen-bond acceptors (Lipinski definition) is 0. The summed E-state index contributed by atoms with van der Waals surface area (Å²) in [7, 11) is -10.7. The Balaban J connectivity index is 0. The van der Waals surface area contributed by atoms with E-state index < -0.39 is 7.81 Å². The molecular weight excluding hydrogens is 364 g/mol. The zero-order valence-electron chi connectivity index (χ0n) is 10.6. The van der Waals surface area contributed by atoms with Gasteiger partial charge in [-0.2, -0.15) is 0 Å². The molecule has 1 fully saturated rings. The Morgan fingerprint density at radius 3 is 1.10 bits per heavy atom. The minimum Gasteiger partial charge on any atom is -0.0312 e. The van der Waals surface area contributed by atoms with E-state index >= 15 is 0 Å². The van der Waals surface area contributed by atoms with E-state index in [2.05, 4.69) is 0 Å². The molecule has 121 valence electrons. The van der Waals surface area contributed by atoms with Gasteiger partial charge in [0.05, 0.1) is 0 Å². The van der Waals surface area contributed by atoms with Crippen LogP contribution >= 0.6 is 7.81 Å². The van der Waals surface area contributed by atoms with Gasteiger partial charge in [0.15, 0.2) is 0 Å². The van der Waals surface area contributed by atoms with E-state index in [4.69, 9.17) is 0 Å². The summed E-state index contributed by atoms with van der Waals surface area (Å²) >= 11 is 0. The van der Waals surface area contributed by atoms with Crippen LogP contribution < -0.4 is 0 Å². The van der Waals surface area contributed by atoms with Gasteiger partial charge in [-0.1, -0.05) is 17.7 Å². The minimum atomic E-state index is -10.7. The zero-order valence-corrected chi connectivity index (χ0v) is 12.6. The molecule has 0 amide bonds. The van der Waals surface area contributed by atoms with Crippen molar-refractivity contribution in [1.29, 1.82) is 0 Å². The first-order chi connectivity index (χ1) is 8.74. The summed E-state index contributed by atoms with van der Waals surface area (Å²) in [6.07, 6.45) is 10.0. The summed E-state index contributed by atoms with van der Waals surface area (Å²) in [4.78, 5) is 0. The van der Waals surface area contributed by atoms with Crippen LogP contribution in [0.4, 0.5) is 29.6 Å². The molecule has 0 aliphatic heterocycles. The molecule has 0 bridgehead atoms. The Bertz CT molecular complexity index is 355. The van der Waals surface area contributed by atoms with Crippen LogP contribution in [0.2, 0.25) is 0 Å². The van der Waals surface area contributed by atoms with E-state index in [1.807, 2.05) is 39.0 Å². The van der Waals surface area contributed by atoms with Gasteiger partial charge in [0.1, 0.15) is 5.82 Å². The van der Waals surface area contributed by atoms with Gasteiger partial charge in [-0.25, -0.2) is 4.39 Å². The van der Waals surface area contributed by atoms with Crippen LogP contribution in [0, 0.1) is 44.8 Å². The molecule has 9 heteroatoms. The van der Waals surface area contributed by atoms with Crippen molar-refractivity contribution < 1.29 is 46.6 Å². The van der Waals surface area contributed by atoms with Crippen LogP contribution in [0.3, 0.4) is 0 Å². The zero-order chi connectivity index (χ0) is 15.9. The summed E-state index contributed by atoms with van der Waals surface area (Å²) in [6, 6.07) is 6.40. The summed E-state index contributed by atoms with van der Waals surface area (Å²) < 4.78 is 71.3. The smallest absolute Gasteiger partial charge is 0.0312 e. The molecule has 0 N–H and O–H groups in total. The van der Waals surface area contributed by atoms with Crippen molar-refractivity contribution in [3.05, 3.63) is 67.8 Å². The topological polar surface area (TPSA) is 0 Å². The quantitative estimate of drug-likeness (QED) is 0.274. The van der Waals surface area contributed by atoms with E-state index in [0.717, 1.165) is 5.56 Å². The molecule has 0 aromatic heterocycles. The maximum atomic E-state index is 12.1. The number of hydrogen-bond donors (Lipinski definition) is 0. The van der Waals surface area contributed by atoms with Gasteiger partial charge >= 0.3 is 50.1 Å². The second-order valence-electron chi connectivity index (χ2n) is 3.72. The van der Waals surface area contributed by atoms with Crippen molar-refractivity contribution in [2.24, 2.45) is 0 Å². The SMILES string of the molecule is Cc1ccc(F)cc1.F[P-](F)(F)(F)(F)F.[CH]1[CH][CH][CH][CH]1.[Fe+2]. The van der Waals surface area contributed by atoms with Crippen molar-refractivity contribution in [3.8, 4) is 0 Å². The monoisotopic (exact) mass is 376 g/mol. The maximum absolute atomic E-state index is 12.1. The van der Waals surface area contributed by atoms with Crippen LogP contribution in [0.5, 0.6) is 0 Å². The van der Waals surface area contributed by atoms with Crippen LogP contribution in [0.25, 0.3) is 0 Å². The molecule has 0 nitrogen and oxygen atoms in total. The Morgan fingerprint density at radius 1 is 0.667 bits per heavy atom. The van der Waals surface area contributed by atoms with Gasteiger partial charge in [0, 0.05) is 0 Å². The Labute approximate surface area is 129 Å². The molecule has 0 heterocycles. The molecule has 0 spiro atoms. The number of aryl methyl sites for hydroxylation is 1. The molecule has 2 rings (SSSR count). The average molecular weight is 376 g/mol. The third kappa shape index (κ3) is 28.5. The largest absolute Gasteiger partial charge is 2.00 e. The summed E-state index contributed by atoms with van der Waals surface area (Å²) in [6.45, 7) is 1.93. The fourth-order valence-corrected chi connectivity index (χ4v) is 0.854. The van der Waals surface area contributed by atoms with Crippen molar-refractivity contribution in [2.45, 2.75) is 6.92 Å². The fraction of sp³-hybridized carbons (Fsp3) is 0.0833. The number of halogens is 7. The van der Waals surface area contributed by atoms with Crippen LogP contribution in [-0.4, -0.2) is 0 Å².